The first kappa shape index (κ1) is 14.3. The fraction of sp³-hybridized carbons (Fsp3) is 0.667. The molecule has 0 aromatic heterocycles. The molecule has 1 rings (SSSR count). The fourth-order valence-electron chi connectivity index (χ4n) is 1.35. The summed E-state index contributed by atoms with van der Waals surface area (Å²) in [6, 6.07) is 0. The minimum absolute atomic E-state index is 0.269. The summed E-state index contributed by atoms with van der Waals surface area (Å²) in [7, 11) is 0. The van der Waals surface area contributed by atoms with Gasteiger partial charge < -0.3 is 15.2 Å². The zero-order valence-corrected chi connectivity index (χ0v) is 9.44. The number of aliphatic hydroxyl groups excluding tert-OH is 1. The van der Waals surface area contributed by atoms with Crippen LogP contribution < -0.4 is 5.32 Å². The molecule has 1 saturated heterocycles. The molecule has 1 fully saturated rings. The number of ether oxygens (including phenoxy) is 1. The number of rotatable bonds is 2. The van der Waals surface area contributed by atoms with E-state index < -0.39 is 18.4 Å². The number of piperidine rings is 1. The average molecular weight is 274 g/mol. The van der Waals surface area contributed by atoms with Gasteiger partial charge in [0, 0.05) is 6.54 Å². The highest BCUT2D eigenvalue weighted by atomic mass is 35.5. The second-order valence-corrected chi connectivity index (χ2v) is 3.89. The van der Waals surface area contributed by atoms with Gasteiger partial charge in [-0.05, 0) is 25.0 Å². The molecule has 0 spiro atoms. The van der Waals surface area contributed by atoms with E-state index >= 15 is 0 Å². The van der Waals surface area contributed by atoms with Gasteiger partial charge in [0.25, 0.3) is 0 Å². The number of esters is 1. The Morgan fingerprint density at radius 1 is 1.53 bits per heavy atom. The summed E-state index contributed by atoms with van der Waals surface area (Å²) < 4.78 is 39.4. The van der Waals surface area contributed by atoms with Crippen molar-refractivity contribution in [1.82, 2.24) is 5.32 Å². The van der Waals surface area contributed by atoms with Crippen LogP contribution in [0.1, 0.15) is 12.8 Å². The molecule has 4 nitrogen and oxygen atoms in total. The molecular weight excluding hydrogens is 263 g/mol. The predicted octanol–water partition coefficient (Wildman–Crippen LogP) is 1.29. The molecule has 0 saturated carbocycles. The Morgan fingerprint density at radius 2 is 2.18 bits per heavy atom. The largest absolute Gasteiger partial charge is 0.491 e. The van der Waals surface area contributed by atoms with Crippen LogP contribution in [-0.2, 0) is 9.53 Å². The Bertz CT molecular complexity index is 322. The molecule has 0 bridgehead atoms. The molecular formula is C9H11ClF3NO3. The lowest BCUT2D eigenvalue weighted by Crippen LogP contribution is -2.32. The molecule has 1 aliphatic rings. The highest BCUT2D eigenvalue weighted by Gasteiger charge is 2.42. The van der Waals surface area contributed by atoms with Gasteiger partial charge in [-0.25, -0.2) is 4.79 Å². The third-order valence-electron chi connectivity index (χ3n) is 2.18. The van der Waals surface area contributed by atoms with Gasteiger partial charge in [0.15, 0.2) is 0 Å². The average Bonchev–Trinajstić information content (AvgIpc) is 2.27. The molecule has 1 atom stereocenters. The third-order valence-corrected chi connectivity index (χ3v) is 2.63. The van der Waals surface area contributed by atoms with Crippen molar-refractivity contribution in [2.24, 2.45) is 0 Å². The van der Waals surface area contributed by atoms with Crippen LogP contribution >= 0.6 is 11.6 Å². The van der Waals surface area contributed by atoms with Crippen LogP contribution in [0.2, 0.25) is 0 Å². The number of aliphatic hydroxyl groups is 1. The van der Waals surface area contributed by atoms with Gasteiger partial charge in [-0.15, -0.1) is 0 Å². The molecule has 8 heteroatoms. The maximum Gasteiger partial charge on any atom is 0.491 e. The van der Waals surface area contributed by atoms with E-state index in [-0.39, 0.29) is 5.03 Å². The monoisotopic (exact) mass is 273 g/mol. The summed E-state index contributed by atoms with van der Waals surface area (Å²) in [5.74, 6) is -2.47. The third kappa shape index (κ3) is 4.18. The first-order chi connectivity index (χ1) is 7.82. The minimum Gasteiger partial charge on any atom is -0.424 e. The highest BCUT2D eigenvalue weighted by molar-refractivity contribution is 6.30. The van der Waals surface area contributed by atoms with Crippen LogP contribution in [0.4, 0.5) is 13.2 Å². The molecule has 0 radical (unpaired) electrons. The molecule has 0 aliphatic carbocycles. The van der Waals surface area contributed by atoms with E-state index in [0.29, 0.717) is 18.5 Å². The predicted molar refractivity (Wildman–Crippen MR) is 53.1 cm³/mol. The summed E-state index contributed by atoms with van der Waals surface area (Å²) in [5.41, 5.74) is 0.542. The van der Waals surface area contributed by atoms with Crippen molar-refractivity contribution in [3.05, 3.63) is 10.6 Å². The van der Waals surface area contributed by atoms with Gasteiger partial charge in [0.05, 0.1) is 5.03 Å². The normalized spacial score (nSPS) is 21.9. The number of halogens is 4. The molecule has 17 heavy (non-hydrogen) atoms. The molecule has 1 aliphatic heterocycles. The fourth-order valence-corrected chi connectivity index (χ4v) is 1.56. The van der Waals surface area contributed by atoms with Crippen molar-refractivity contribution >= 4 is 17.6 Å². The van der Waals surface area contributed by atoms with E-state index in [2.05, 4.69) is 10.1 Å². The van der Waals surface area contributed by atoms with Crippen molar-refractivity contribution in [3.8, 4) is 0 Å². The number of nitrogens with one attached hydrogen (secondary N) is 1. The van der Waals surface area contributed by atoms with E-state index in [1.165, 1.54) is 0 Å². The summed E-state index contributed by atoms with van der Waals surface area (Å²) in [5, 5.41) is 11.9. The van der Waals surface area contributed by atoms with Crippen LogP contribution in [0, 0.1) is 0 Å². The van der Waals surface area contributed by atoms with Gasteiger partial charge in [-0.1, -0.05) is 11.6 Å². The van der Waals surface area contributed by atoms with Crippen LogP contribution in [-0.4, -0.2) is 36.6 Å². The van der Waals surface area contributed by atoms with Crippen molar-refractivity contribution in [2.45, 2.75) is 25.3 Å². The lowest BCUT2D eigenvalue weighted by atomic mass is 10.1. The topological polar surface area (TPSA) is 58.6 Å². The van der Waals surface area contributed by atoms with Crippen molar-refractivity contribution in [3.63, 3.8) is 0 Å². The van der Waals surface area contributed by atoms with Gasteiger partial charge in [-0.2, -0.15) is 13.2 Å². The minimum atomic E-state index is -5.15. The van der Waals surface area contributed by atoms with E-state index in [0.717, 1.165) is 13.0 Å². The zero-order chi connectivity index (χ0) is 13.1. The van der Waals surface area contributed by atoms with Crippen LogP contribution in [0.5, 0.6) is 0 Å². The maximum absolute atomic E-state index is 11.9. The van der Waals surface area contributed by atoms with Crippen LogP contribution in [0.25, 0.3) is 0 Å². The van der Waals surface area contributed by atoms with Crippen molar-refractivity contribution < 1.29 is 27.8 Å². The molecule has 98 valence electrons. The van der Waals surface area contributed by atoms with E-state index in [4.69, 9.17) is 11.6 Å². The van der Waals surface area contributed by atoms with Gasteiger partial charge >= 0.3 is 12.1 Å². The van der Waals surface area contributed by atoms with Crippen molar-refractivity contribution in [2.75, 3.05) is 13.1 Å². The summed E-state index contributed by atoms with van der Waals surface area (Å²) in [6.45, 7) is 1.13. The highest BCUT2D eigenvalue weighted by Crippen LogP contribution is 2.24. The lowest BCUT2D eigenvalue weighted by molar-refractivity contribution is -0.214. The standard InChI is InChI=1S/C9H11ClF3NO3/c10-6(5-2-1-3-14-4-5)7(15)17-8(16)9(11,12)13/h7,14-15H,1-4H2/b6-5-. The SMILES string of the molecule is O=C(OC(O)/C(Cl)=C1\CCCNC1)C(F)(F)F. The molecule has 0 amide bonds. The Hall–Kier alpha value is -0.790. The quantitative estimate of drug-likeness (QED) is 0.588. The van der Waals surface area contributed by atoms with E-state index in [1.54, 1.807) is 0 Å². The Balaban J connectivity index is 2.63. The first-order valence-electron chi connectivity index (χ1n) is 4.86. The van der Waals surface area contributed by atoms with Crippen LogP contribution in [0.3, 0.4) is 0 Å². The summed E-state index contributed by atoms with van der Waals surface area (Å²) >= 11 is 5.65. The smallest absolute Gasteiger partial charge is 0.424 e. The molecule has 0 aromatic rings. The number of hydrogen-bond donors (Lipinski definition) is 2. The maximum atomic E-state index is 11.9. The van der Waals surface area contributed by atoms with E-state index in [9.17, 15) is 23.1 Å². The number of carbonyl (C=O) groups is 1. The Labute approximate surface area is 100 Å². The Morgan fingerprint density at radius 3 is 2.65 bits per heavy atom. The second-order valence-electron chi connectivity index (χ2n) is 3.49. The molecule has 2 N–H and O–H groups in total. The van der Waals surface area contributed by atoms with Crippen molar-refractivity contribution in [1.29, 1.82) is 0 Å². The molecule has 1 unspecified atom stereocenters. The molecule has 0 aromatic carbocycles. The lowest BCUT2D eigenvalue weighted by Gasteiger charge is -2.20. The van der Waals surface area contributed by atoms with Gasteiger partial charge in [-0.3, -0.25) is 0 Å². The first-order valence-corrected chi connectivity index (χ1v) is 5.24. The zero-order valence-electron chi connectivity index (χ0n) is 8.68. The number of alkyl halides is 3. The number of hydrogen-bond acceptors (Lipinski definition) is 4. The molecule has 1 heterocycles. The Kier molecular flexibility index (Phi) is 4.79. The van der Waals surface area contributed by atoms with Crippen LogP contribution in [0.15, 0.2) is 10.6 Å². The number of carbonyl (C=O) groups excluding carboxylic acids is 1. The van der Waals surface area contributed by atoms with E-state index in [1.807, 2.05) is 0 Å². The summed E-state index contributed by atoms with van der Waals surface area (Å²) in [6.07, 6.45) is -5.91. The summed E-state index contributed by atoms with van der Waals surface area (Å²) in [4.78, 5) is 10.5. The van der Waals surface area contributed by atoms with Gasteiger partial charge in [0.2, 0.25) is 6.29 Å². The second kappa shape index (κ2) is 5.70. The van der Waals surface area contributed by atoms with Gasteiger partial charge in [0.1, 0.15) is 0 Å².